The van der Waals surface area contributed by atoms with E-state index in [4.69, 9.17) is 46.1 Å². The summed E-state index contributed by atoms with van der Waals surface area (Å²) in [5, 5.41) is 0. The predicted octanol–water partition coefficient (Wildman–Crippen LogP) is 15.5. The molecule has 0 unspecified atom stereocenters. The largest absolute Gasteiger partial charge is 0.530 e. The van der Waals surface area contributed by atoms with Gasteiger partial charge >= 0.3 is 17.2 Å². The van der Waals surface area contributed by atoms with Crippen LogP contribution in [-0.2, 0) is 20.7 Å². The zero-order valence-corrected chi connectivity index (χ0v) is 45.9. The summed E-state index contributed by atoms with van der Waals surface area (Å²) in [6, 6.07) is 38.7. The van der Waals surface area contributed by atoms with Gasteiger partial charge in [-0.2, -0.15) is 0 Å². The fourth-order valence-electron chi connectivity index (χ4n) is 8.77. The quantitative estimate of drug-likeness (QED) is 0.0601. The van der Waals surface area contributed by atoms with Crippen LogP contribution in [0.1, 0.15) is 93.2 Å². The van der Waals surface area contributed by atoms with Crippen LogP contribution in [0.4, 0.5) is 0 Å². The Kier molecular flexibility index (Phi) is 17.4. The van der Waals surface area contributed by atoms with E-state index in [-0.39, 0.29) is 32.1 Å². The van der Waals surface area contributed by atoms with Crippen LogP contribution < -0.4 is 46.1 Å². The van der Waals surface area contributed by atoms with E-state index in [0.29, 0.717) is 46.0 Å². The van der Waals surface area contributed by atoms with Crippen LogP contribution in [-0.4, -0.2) is 36.9 Å². The fraction of sp³-hybridized carbons (Fsp3) is 0.357. The Hall–Kier alpha value is -5.87. The lowest BCUT2D eigenvalue weighted by Crippen LogP contribution is -2.25. The van der Waals surface area contributed by atoms with E-state index in [0.717, 1.165) is 24.0 Å². The van der Waals surface area contributed by atoms with Crippen LogP contribution in [0.15, 0.2) is 143 Å². The van der Waals surface area contributed by atoms with Crippen LogP contribution in [0.25, 0.3) is 0 Å². The molecule has 6 rings (SSSR count). The number of benzene rings is 6. The molecule has 0 amide bonds. The summed E-state index contributed by atoms with van der Waals surface area (Å²) < 4.78 is 94.4. The molecule has 15 heteroatoms. The van der Waals surface area contributed by atoms with Gasteiger partial charge in [0.15, 0.2) is 46.0 Å². The van der Waals surface area contributed by atoms with Crippen LogP contribution in [0, 0.1) is 10.8 Å². The molecule has 0 aliphatic rings. The summed E-state index contributed by atoms with van der Waals surface area (Å²) in [4.78, 5) is -0.291. The Morgan fingerprint density at radius 1 is 0.352 bits per heavy atom. The molecule has 12 nitrogen and oxygen atoms in total. The van der Waals surface area contributed by atoms with Crippen molar-refractivity contribution in [1.82, 2.24) is 0 Å². The molecule has 0 fully saturated rings. The standard InChI is InChI=1S/C56H68O12P2S/c1-53(2,3)37-55(7,8)39-31-33-49(67-69(63-45-27-19-15-23-41(45)59-11)64-46-28-20-16-24-42(46)60-12)51(35-39)71(57,58)52-36-40(56(9,10)38-54(4,5)6)32-34-50(52)68-70(65-47-29-21-17-25-43(47)61-13)66-48-30-22-18-26-44(48)62-14/h15-36H,37-38H2,1-14H3. The summed E-state index contributed by atoms with van der Waals surface area (Å²) in [6.07, 6.45) is 1.46. The van der Waals surface area contributed by atoms with Crippen molar-refractivity contribution in [3.8, 4) is 57.5 Å². The first kappa shape index (κ1) is 54.5. The average Bonchev–Trinajstić information content (AvgIpc) is 3.30. The van der Waals surface area contributed by atoms with Crippen molar-refractivity contribution in [3.63, 3.8) is 0 Å². The molecule has 0 N–H and O–H groups in total. The van der Waals surface area contributed by atoms with E-state index < -0.39 is 37.9 Å². The Balaban J connectivity index is 1.59. The highest BCUT2D eigenvalue weighted by molar-refractivity contribution is 7.91. The number of sulfone groups is 1. The summed E-state index contributed by atoms with van der Waals surface area (Å²) >= 11 is 0. The Labute approximate surface area is 423 Å². The van der Waals surface area contributed by atoms with Gasteiger partial charge in [0.25, 0.3) is 0 Å². The van der Waals surface area contributed by atoms with Crippen molar-refractivity contribution >= 4 is 27.0 Å². The van der Waals surface area contributed by atoms with Crippen molar-refractivity contribution in [1.29, 1.82) is 0 Å². The zero-order chi connectivity index (χ0) is 51.8. The van der Waals surface area contributed by atoms with Crippen molar-refractivity contribution in [2.75, 3.05) is 28.4 Å². The van der Waals surface area contributed by atoms with Gasteiger partial charge in [0, 0.05) is 0 Å². The maximum Gasteiger partial charge on any atom is 0.530 e. The van der Waals surface area contributed by atoms with Gasteiger partial charge in [-0.3, -0.25) is 0 Å². The fourth-order valence-corrected chi connectivity index (χ4v) is 12.6. The molecule has 6 aromatic rings. The number of para-hydroxylation sites is 8. The number of methoxy groups -OCH3 is 4. The summed E-state index contributed by atoms with van der Waals surface area (Å²) in [7, 11) is -3.47. The average molecular weight is 1030 g/mol. The molecule has 0 bridgehead atoms. The van der Waals surface area contributed by atoms with Crippen LogP contribution in [0.5, 0.6) is 57.5 Å². The van der Waals surface area contributed by atoms with Crippen molar-refractivity contribution < 1.29 is 54.5 Å². The van der Waals surface area contributed by atoms with Gasteiger partial charge in [0.05, 0.1) is 28.4 Å². The normalized spacial score (nSPS) is 12.3. The van der Waals surface area contributed by atoms with Crippen molar-refractivity contribution in [3.05, 3.63) is 145 Å². The molecule has 0 aliphatic heterocycles. The van der Waals surface area contributed by atoms with Crippen LogP contribution >= 0.6 is 17.2 Å². The SMILES string of the molecule is COc1ccccc1OP(Oc1ccccc1OC)Oc1ccc(C(C)(C)CC(C)(C)C)cc1S(=O)(=O)c1cc(C(C)(C)CC(C)(C)C)ccc1OP(Oc1ccccc1OC)Oc1ccccc1OC. The minimum Gasteiger partial charge on any atom is -0.493 e. The van der Waals surface area contributed by atoms with E-state index >= 15 is 8.42 Å². The third kappa shape index (κ3) is 14.2. The summed E-state index contributed by atoms with van der Waals surface area (Å²) in [5.74, 6) is 2.85. The lowest BCUT2D eigenvalue weighted by Gasteiger charge is -2.34. The molecule has 0 spiro atoms. The highest BCUT2D eigenvalue weighted by atomic mass is 32.2. The first-order valence-corrected chi connectivity index (χ1v) is 26.9. The van der Waals surface area contributed by atoms with E-state index in [9.17, 15) is 0 Å². The second-order valence-electron chi connectivity index (χ2n) is 20.7. The molecule has 0 aliphatic carbocycles. The Morgan fingerprint density at radius 2 is 0.592 bits per heavy atom. The second-order valence-corrected chi connectivity index (χ2v) is 24.5. The molecule has 71 heavy (non-hydrogen) atoms. The zero-order valence-electron chi connectivity index (χ0n) is 43.3. The molecular weight excluding hydrogens is 959 g/mol. The Bertz CT molecular complexity index is 2570. The Morgan fingerprint density at radius 3 is 0.831 bits per heavy atom. The second kappa shape index (κ2) is 22.7. The van der Waals surface area contributed by atoms with E-state index in [1.54, 1.807) is 97.1 Å². The molecule has 6 aromatic carbocycles. The third-order valence-electron chi connectivity index (χ3n) is 11.3. The molecular formula is C56H68O12P2S. The summed E-state index contributed by atoms with van der Waals surface area (Å²) in [5.41, 5.74) is 0.335. The first-order valence-electron chi connectivity index (χ1n) is 23.2. The summed E-state index contributed by atoms with van der Waals surface area (Å²) in [6.45, 7) is 21.4. The van der Waals surface area contributed by atoms with Crippen molar-refractivity contribution in [2.45, 2.75) is 103 Å². The van der Waals surface area contributed by atoms with E-state index in [1.807, 2.05) is 36.4 Å². The molecule has 0 aromatic heterocycles. The predicted molar refractivity (Wildman–Crippen MR) is 282 cm³/mol. The van der Waals surface area contributed by atoms with Gasteiger partial charge < -0.3 is 46.1 Å². The maximum atomic E-state index is 16.2. The van der Waals surface area contributed by atoms with Gasteiger partial charge in [0.2, 0.25) is 9.84 Å². The molecule has 0 heterocycles. The first-order chi connectivity index (χ1) is 33.5. The molecule has 380 valence electrons. The lowest BCUT2D eigenvalue weighted by atomic mass is 9.72. The molecule has 0 atom stereocenters. The highest BCUT2D eigenvalue weighted by Crippen LogP contribution is 2.53. The topological polar surface area (TPSA) is 126 Å². The van der Waals surface area contributed by atoms with E-state index in [1.165, 1.54) is 28.4 Å². The van der Waals surface area contributed by atoms with Gasteiger partial charge in [-0.25, -0.2) is 8.42 Å². The smallest absolute Gasteiger partial charge is 0.493 e. The van der Waals surface area contributed by atoms with E-state index in [2.05, 4.69) is 69.2 Å². The lowest BCUT2D eigenvalue weighted by molar-refractivity contribution is 0.283. The number of hydrogen-bond donors (Lipinski definition) is 0. The van der Waals surface area contributed by atoms with Crippen molar-refractivity contribution in [2.24, 2.45) is 10.8 Å². The molecule has 0 radical (unpaired) electrons. The number of hydrogen-bond acceptors (Lipinski definition) is 12. The highest BCUT2D eigenvalue weighted by Gasteiger charge is 2.37. The van der Waals surface area contributed by atoms with Gasteiger partial charge in [-0.1, -0.05) is 130 Å². The monoisotopic (exact) mass is 1030 g/mol. The number of rotatable bonds is 22. The minimum atomic E-state index is -4.64. The van der Waals surface area contributed by atoms with Gasteiger partial charge in [-0.15, -0.1) is 0 Å². The van der Waals surface area contributed by atoms with Crippen LogP contribution in [0.2, 0.25) is 0 Å². The van der Waals surface area contributed by atoms with Gasteiger partial charge in [0.1, 0.15) is 21.3 Å². The van der Waals surface area contributed by atoms with Crippen LogP contribution in [0.3, 0.4) is 0 Å². The maximum absolute atomic E-state index is 16.2. The molecule has 0 saturated heterocycles. The van der Waals surface area contributed by atoms with Gasteiger partial charge in [-0.05, 0) is 118 Å². The molecule has 0 saturated carbocycles. The number of ether oxygens (including phenoxy) is 4. The third-order valence-corrected chi connectivity index (χ3v) is 15.2. The minimum absolute atomic E-state index is 0.0284.